The summed E-state index contributed by atoms with van der Waals surface area (Å²) in [6, 6.07) is 57.9. The Kier molecular flexibility index (Phi) is 15.2. The quantitative estimate of drug-likeness (QED) is 0.0916. The third-order valence-electron chi connectivity index (χ3n) is 16.6. The molecule has 8 nitrogen and oxygen atoms in total. The third-order valence-corrected chi connectivity index (χ3v) is 21.7. The Morgan fingerprint density at radius 3 is 1.96 bits per heavy atom. The Morgan fingerprint density at radius 2 is 1.36 bits per heavy atom. The van der Waals surface area contributed by atoms with Gasteiger partial charge in [-0.05, 0) is 131 Å². The summed E-state index contributed by atoms with van der Waals surface area (Å²) in [5.41, 5.74) is 4.62. The van der Waals surface area contributed by atoms with E-state index in [1.165, 1.54) is 34.7 Å². The molecule has 3 aliphatic rings. The Hall–Kier alpha value is -6.62. The number of carbonyl (C=O) groups is 1. The number of nitrogens with one attached hydrogen (secondary N) is 1. The summed E-state index contributed by atoms with van der Waals surface area (Å²) in [7, 11) is -1.55. The van der Waals surface area contributed by atoms with Crippen LogP contribution >= 0.6 is 0 Å². The Morgan fingerprint density at radius 1 is 0.747 bits per heavy atom. The largest absolute Gasteiger partial charge is 0.497 e. The lowest BCUT2D eigenvalue weighted by molar-refractivity contribution is 0.0894. The number of carbonyl (C=O) groups excluding carboxylic acids is 1. The molecule has 3 unspecified atom stereocenters. The summed E-state index contributed by atoms with van der Waals surface area (Å²) in [5, 5.41) is 5.60. The number of aryl methyl sites for hydroxylation is 1. The second-order valence-corrected chi connectivity index (χ2v) is 27.8. The van der Waals surface area contributed by atoms with Crippen LogP contribution in [-0.4, -0.2) is 43.6 Å². The molecule has 2 heterocycles. The van der Waals surface area contributed by atoms with Crippen LogP contribution < -0.4 is 30.2 Å². The number of rotatable bonds is 17. The number of benzene rings is 6. The summed E-state index contributed by atoms with van der Waals surface area (Å²) in [6.45, 7) is 14.3. The molecule has 0 saturated heterocycles. The van der Waals surface area contributed by atoms with Crippen molar-refractivity contribution in [2.75, 3.05) is 22.2 Å². The summed E-state index contributed by atoms with van der Waals surface area (Å²) in [4.78, 5) is 29.2. The molecule has 1 N–H and O–H groups in total. The fourth-order valence-corrected chi connectivity index (χ4v) is 17.6. The number of fused-ring (bicyclic) bond motifs is 1. The molecule has 388 valence electrons. The molecule has 6 aromatic carbocycles. The van der Waals surface area contributed by atoms with Gasteiger partial charge in [0.2, 0.25) is 5.95 Å². The van der Waals surface area contributed by atoms with Crippen molar-refractivity contribution in [1.82, 2.24) is 9.97 Å². The first-order valence-electron chi connectivity index (χ1n) is 27.2. The molecule has 1 aliphatic heterocycles. The molecule has 10 rings (SSSR count). The number of nitrogens with zero attached hydrogens (tertiary/aromatic N) is 4. The highest BCUT2D eigenvalue weighted by molar-refractivity contribution is 6.99. The number of hydrogen-bond donors (Lipinski definition) is 1. The van der Waals surface area contributed by atoms with E-state index in [9.17, 15) is 0 Å². The minimum atomic E-state index is -3.06. The number of hydrogen-bond acceptors (Lipinski definition) is 6. The van der Waals surface area contributed by atoms with Crippen molar-refractivity contribution in [3.05, 3.63) is 199 Å². The van der Waals surface area contributed by atoms with Crippen molar-refractivity contribution in [1.29, 1.82) is 0 Å². The van der Waals surface area contributed by atoms with Gasteiger partial charge in [0, 0.05) is 35.7 Å². The highest BCUT2D eigenvalue weighted by atomic mass is 28.4. The molecule has 10 heteroatoms. The van der Waals surface area contributed by atoms with Crippen LogP contribution in [0.2, 0.25) is 5.04 Å². The predicted molar refractivity (Wildman–Crippen MR) is 305 cm³/mol. The monoisotopic (exact) mass is 1020 g/mol. The van der Waals surface area contributed by atoms with Crippen LogP contribution in [0.4, 0.5) is 32.3 Å². The molecule has 0 bridgehead atoms. The summed E-state index contributed by atoms with van der Waals surface area (Å²) in [6.07, 6.45) is 8.21. The Labute approximate surface area is 445 Å². The molecule has 0 spiro atoms. The summed E-state index contributed by atoms with van der Waals surface area (Å²) >= 11 is 0. The van der Waals surface area contributed by atoms with Crippen LogP contribution in [0.3, 0.4) is 0 Å². The molecular weight excluding hydrogens is 946 g/mol. The number of aromatic nitrogens is 2. The van der Waals surface area contributed by atoms with Crippen LogP contribution in [0.25, 0.3) is 0 Å². The zero-order valence-electron chi connectivity index (χ0n) is 44.8. The second-order valence-electron chi connectivity index (χ2n) is 23.5. The molecular formula is C65H74FN5O3Si. The van der Waals surface area contributed by atoms with E-state index in [0.29, 0.717) is 47.6 Å². The van der Waals surface area contributed by atoms with Gasteiger partial charge in [-0.3, -0.25) is 9.80 Å². The van der Waals surface area contributed by atoms with Crippen molar-refractivity contribution in [2.45, 2.75) is 116 Å². The molecule has 1 aromatic heterocycles. The topological polar surface area (TPSA) is 79.8 Å². The maximum Gasteiger partial charge on any atom is 0.330 e. The fourth-order valence-electron chi connectivity index (χ4n) is 12.9. The van der Waals surface area contributed by atoms with Crippen LogP contribution in [0.1, 0.15) is 103 Å². The normalized spacial score (nSPS) is 20.7. The molecule has 2 saturated carbocycles. The van der Waals surface area contributed by atoms with Gasteiger partial charge < -0.3 is 14.5 Å². The van der Waals surface area contributed by atoms with Gasteiger partial charge in [0.1, 0.15) is 11.6 Å². The van der Waals surface area contributed by atoms with E-state index in [1.807, 2.05) is 35.2 Å². The van der Waals surface area contributed by atoms with E-state index in [-0.39, 0.29) is 46.8 Å². The smallest absolute Gasteiger partial charge is 0.330 e. The molecule has 2 fully saturated rings. The SMILES string of the molecule is COc1ccc(N2Cc3cnc(Nc4ccccc4)nc3N([C@@H]3C[C@H](O[Si](c4ccccc4)(c4ccccc4)C(C)(C)C)C[C@H](C4CC4[C@@H](CCc4ccccc4)CC(c4ccccc4)C(C)(C)C)C3)C2=O)c(F)c1. The third kappa shape index (κ3) is 11.2. The van der Waals surface area contributed by atoms with E-state index >= 15 is 9.18 Å². The van der Waals surface area contributed by atoms with E-state index in [0.717, 1.165) is 49.8 Å². The van der Waals surface area contributed by atoms with E-state index < -0.39 is 14.1 Å². The van der Waals surface area contributed by atoms with Crippen LogP contribution in [0, 0.1) is 34.9 Å². The van der Waals surface area contributed by atoms with Gasteiger partial charge in [0.25, 0.3) is 8.32 Å². The highest BCUT2D eigenvalue weighted by Crippen LogP contribution is 2.58. The number of para-hydroxylation sites is 1. The molecule has 2 amide bonds. The summed E-state index contributed by atoms with van der Waals surface area (Å²) in [5.74, 6) is 2.86. The van der Waals surface area contributed by atoms with Gasteiger partial charge in [-0.2, -0.15) is 4.98 Å². The fraction of sp³-hybridized carbons (Fsp3) is 0.369. The van der Waals surface area contributed by atoms with E-state index in [2.05, 4.69) is 168 Å². The first-order valence-corrected chi connectivity index (χ1v) is 29.1. The van der Waals surface area contributed by atoms with Crippen molar-refractivity contribution in [2.24, 2.45) is 29.1 Å². The van der Waals surface area contributed by atoms with Gasteiger partial charge in [-0.1, -0.05) is 181 Å². The number of ether oxygens (including phenoxy) is 1. The van der Waals surface area contributed by atoms with E-state index in [1.54, 1.807) is 23.2 Å². The van der Waals surface area contributed by atoms with Crippen LogP contribution in [0.15, 0.2) is 176 Å². The zero-order valence-corrected chi connectivity index (χ0v) is 45.8. The summed E-state index contributed by atoms with van der Waals surface area (Å²) < 4.78 is 29.9. The number of methoxy groups -OCH3 is 1. The van der Waals surface area contributed by atoms with Gasteiger partial charge in [0.05, 0.1) is 19.3 Å². The number of urea groups is 1. The van der Waals surface area contributed by atoms with E-state index in [4.69, 9.17) is 19.1 Å². The molecule has 7 aromatic rings. The molecule has 0 radical (unpaired) electrons. The predicted octanol–water partition coefficient (Wildman–Crippen LogP) is 14.5. The van der Waals surface area contributed by atoms with Crippen molar-refractivity contribution in [3.8, 4) is 5.75 Å². The van der Waals surface area contributed by atoms with Crippen molar-refractivity contribution in [3.63, 3.8) is 0 Å². The Bertz CT molecular complexity index is 2970. The zero-order chi connectivity index (χ0) is 52.3. The minimum Gasteiger partial charge on any atom is -0.497 e. The van der Waals surface area contributed by atoms with Crippen LogP contribution in [0.5, 0.6) is 5.75 Å². The second kappa shape index (κ2) is 21.9. The van der Waals surface area contributed by atoms with Gasteiger partial charge in [-0.25, -0.2) is 14.2 Å². The highest BCUT2D eigenvalue weighted by Gasteiger charge is 2.56. The van der Waals surface area contributed by atoms with Gasteiger partial charge >= 0.3 is 6.03 Å². The molecule has 7 atom stereocenters. The average Bonchev–Trinajstić information content (AvgIpc) is 4.23. The maximum atomic E-state index is 16.3. The maximum absolute atomic E-state index is 16.3. The number of halogens is 1. The first kappa shape index (κ1) is 51.8. The first-order chi connectivity index (χ1) is 36.2. The van der Waals surface area contributed by atoms with Gasteiger partial charge in [-0.15, -0.1) is 0 Å². The average molecular weight is 1020 g/mol. The molecule has 75 heavy (non-hydrogen) atoms. The van der Waals surface area contributed by atoms with Gasteiger partial charge in [0.15, 0.2) is 5.82 Å². The lowest BCUT2D eigenvalue weighted by Gasteiger charge is -2.49. The lowest BCUT2D eigenvalue weighted by atomic mass is 9.70. The number of anilines is 4. The number of amides is 2. The Balaban J connectivity index is 1.07. The molecule has 2 aliphatic carbocycles. The minimum absolute atomic E-state index is 0.0642. The van der Waals surface area contributed by atoms with Crippen molar-refractivity contribution < 1.29 is 18.3 Å². The lowest BCUT2D eigenvalue weighted by Crippen LogP contribution is -2.68. The van der Waals surface area contributed by atoms with Crippen molar-refractivity contribution >= 4 is 47.9 Å². The standard InChI is InChI=1S/C65H74FN5O3Si/c1-64(2,3)58(46-25-15-9-16-26-46)39-47(34-33-45-23-13-8-14-24-45)56-42-57(56)48-37-51(40-53(38-48)74-75(65(4,5)6,54-29-19-11-20-30-54)55-31-21-12-22-32-55)71-61-49(43-67-62(69-61)68-50-27-17-10-18-28-50)44-70(63(71)72)60-36-35-52(73-7)41-59(60)66/h8-32,35-36,41,43,47-48,51,53,56-58H,33-34,37-40,42,44H2,1-7H3,(H,67,68,69)/t47-,48+,51-,53+,56?,57?,58?/m0/s1. The van der Waals surface area contributed by atoms with Crippen LogP contribution in [-0.2, 0) is 17.4 Å².